The first-order valence-electron chi connectivity index (χ1n) is 6.27. The monoisotopic (exact) mass is 257 g/mol. The van der Waals surface area contributed by atoms with E-state index in [1.807, 2.05) is 0 Å². The molecule has 5 nitrogen and oxygen atoms in total. The quantitative estimate of drug-likeness (QED) is 0.676. The Morgan fingerprint density at radius 3 is 2.74 bits per heavy atom. The smallest absolute Gasteiger partial charge is 0.277 e. The summed E-state index contributed by atoms with van der Waals surface area (Å²) in [4.78, 5) is 14.8. The second kappa shape index (κ2) is 3.91. The summed E-state index contributed by atoms with van der Waals surface area (Å²) in [5.41, 5.74) is 1.35. The van der Waals surface area contributed by atoms with Gasteiger partial charge in [0.1, 0.15) is 0 Å². The Labute approximate surface area is 110 Å². The number of hydrogen-bond donors (Lipinski definition) is 1. The molecule has 19 heavy (non-hydrogen) atoms. The first-order valence-corrected chi connectivity index (χ1v) is 6.27. The Balaban J connectivity index is 2.07. The molecule has 98 valence electrons. The highest BCUT2D eigenvalue weighted by molar-refractivity contribution is 5.99. The first kappa shape index (κ1) is 11.9. The summed E-state index contributed by atoms with van der Waals surface area (Å²) in [6.45, 7) is 4.41. The van der Waals surface area contributed by atoms with E-state index in [-0.39, 0.29) is 10.6 Å². The minimum Gasteiger partial charge on any atom is -0.381 e. The fourth-order valence-corrected chi connectivity index (χ4v) is 2.36. The van der Waals surface area contributed by atoms with Crippen molar-refractivity contribution in [3.8, 4) is 0 Å². The van der Waals surface area contributed by atoms with Crippen molar-refractivity contribution < 1.29 is 4.92 Å². The molecule has 0 saturated heterocycles. The van der Waals surface area contributed by atoms with E-state index in [4.69, 9.17) is 0 Å². The molecule has 1 aromatic heterocycles. The van der Waals surface area contributed by atoms with E-state index >= 15 is 0 Å². The van der Waals surface area contributed by atoms with Crippen LogP contribution in [-0.4, -0.2) is 15.9 Å². The van der Waals surface area contributed by atoms with Gasteiger partial charge in [0.2, 0.25) is 0 Å². The zero-order chi connectivity index (χ0) is 13.6. The molecular formula is C14H15N3O2. The van der Waals surface area contributed by atoms with Gasteiger partial charge in [-0.1, -0.05) is 13.8 Å². The Morgan fingerprint density at radius 2 is 2.11 bits per heavy atom. The highest BCUT2D eigenvalue weighted by Crippen LogP contribution is 2.47. The van der Waals surface area contributed by atoms with Crippen LogP contribution < -0.4 is 5.32 Å². The number of hydrogen-bond acceptors (Lipinski definition) is 4. The van der Waals surface area contributed by atoms with E-state index in [1.54, 1.807) is 30.6 Å². The summed E-state index contributed by atoms with van der Waals surface area (Å²) in [6, 6.07) is 5.45. The minimum atomic E-state index is -0.354. The molecule has 2 aromatic rings. The van der Waals surface area contributed by atoms with Crippen molar-refractivity contribution in [1.82, 2.24) is 4.98 Å². The summed E-state index contributed by atoms with van der Waals surface area (Å²) in [5, 5.41) is 15.9. The van der Waals surface area contributed by atoms with Gasteiger partial charge in [-0.3, -0.25) is 15.1 Å². The molecule has 0 amide bonds. The standard InChI is InChI=1S/C14H15N3O2/c1-14(2)7-13(14)16-11-3-4-12(17(18)19)9-5-6-15-8-10(9)11/h3-6,8,13,16H,7H2,1-2H3. The summed E-state index contributed by atoms with van der Waals surface area (Å²) in [7, 11) is 0. The number of rotatable bonds is 3. The normalized spacial score (nSPS) is 20.2. The van der Waals surface area contributed by atoms with Crippen molar-refractivity contribution in [2.75, 3.05) is 5.32 Å². The van der Waals surface area contributed by atoms with Gasteiger partial charge in [-0.15, -0.1) is 0 Å². The number of pyridine rings is 1. The largest absolute Gasteiger partial charge is 0.381 e. The van der Waals surface area contributed by atoms with Crippen LogP contribution in [0.3, 0.4) is 0 Å². The zero-order valence-electron chi connectivity index (χ0n) is 10.9. The predicted molar refractivity (Wildman–Crippen MR) is 74.2 cm³/mol. The maximum atomic E-state index is 11.0. The van der Waals surface area contributed by atoms with Crippen LogP contribution >= 0.6 is 0 Å². The number of nitro groups is 1. The van der Waals surface area contributed by atoms with Crippen LogP contribution in [0.1, 0.15) is 20.3 Å². The SMILES string of the molecule is CC1(C)CC1Nc1ccc([N+](=O)[O-])c2ccncc12. The fourth-order valence-electron chi connectivity index (χ4n) is 2.36. The third-order valence-electron chi connectivity index (χ3n) is 3.83. The van der Waals surface area contributed by atoms with E-state index in [9.17, 15) is 10.1 Å². The van der Waals surface area contributed by atoms with Gasteiger partial charge in [0, 0.05) is 35.6 Å². The van der Waals surface area contributed by atoms with Gasteiger partial charge < -0.3 is 5.32 Å². The van der Waals surface area contributed by atoms with E-state index in [0.717, 1.165) is 17.5 Å². The lowest BCUT2D eigenvalue weighted by atomic mass is 10.1. The second-order valence-electron chi connectivity index (χ2n) is 5.70. The molecule has 1 saturated carbocycles. The molecule has 1 heterocycles. The molecule has 0 radical (unpaired) electrons. The van der Waals surface area contributed by atoms with Gasteiger partial charge in [-0.2, -0.15) is 0 Å². The van der Waals surface area contributed by atoms with Crippen molar-refractivity contribution in [2.24, 2.45) is 5.41 Å². The van der Waals surface area contributed by atoms with Crippen molar-refractivity contribution in [1.29, 1.82) is 0 Å². The lowest BCUT2D eigenvalue weighted by Crippen LogP contribution is -2.09. The van der Waals surface area contributed by atoms with Crippen molar-refractivity contribution >= 4 is 22.1 Å². The number of non-ortho nitro benzene ring substituents is 1. The third-order valence-corrected chi connectivity index (χ3v) is 3.83. The summed E-state index contributed by atoms with van der Waals surface area (Å²) in [5.74, 6) is 0. The van der Waals surface area contributed by atoms with Gasteiger partial charge in [0.15, 0.2) is 0 Å². The van der Waals surface area contributed by atoms with Crippen LogP contribution in [0.2, 0.25) is 0 Å². The number of benzene rings is 1. The van der Waals surface area contributed by atoms with Gasteiger partial charge in [-0.25, -0.2) is 0 Å². The molecule has 1 aliphatic carbocycles. The first-order chi connectivity index (χ1) is 8.99. The highest BCUT2D eigenvalue weighted by Gasteiger charge is 2.45. The van der Waals surface area contributed by atoms with E-state index in [1.165, 1.54) is 0 Å². The molecule has 1 fully saturated rings. The number of nitrogens with one attached hydrogen (secondary N) is 1. The Kier molecular flexibility index (Phi) is 2.45. The second-order valence-corrected chi connectivity index (χ2v) is 5.70. The summed E-state index contributed by atoms with van der Waals surface area (Å²) < 4.78 is 0. The maximum Gasteiger partial charge on any atom is 0.277 e. The fraction of sp³-hybridized carbons (Fsp3) is 0.357. The summed E-state index contributed by atoms with van der Waals surface area (Å²) >= 11 is 0. The van der Waals surface area contributed by atoms with E-state index in [0.29, 0.717) is 16.8 Å². The van der Waals surface area contributed by atoms with Crippen LogP contribution in [0, 0.1) is 15.5 Å². The Hall–Kier alpha value is -2.17. The average molecular weight is 257 g/mol. The molecule has 1 N–H and O–H groups in total. The topological polar surface area (TPSA) is 68.1 Å². The number of nitrogens with zero attached hydrogens (tertiary/aromatic N) is 2. The molecule has 3 rings (SSSR count). The molecule has 5 heteroatoms. The van der Waals surface area contributed by atoms with Crippen LogP contribution in [0.15, 0.2) is 30.6 Å². The molecular weight excluding hydrogens is 242 g/mol. The Morgan fingerprint density at radius 1 is 1.37 bits per heavy atom. The zero-order valence-corrected chi connectivity index (χ0v) is 10.9. The Bertz CT molecular complexity index is 667. The average Bonchev–Trinajstić information content (AvgIpc) is 2.96. The lowest BCUT2D eigenvalue weighted by Gasteiger charge is -2.11. The van der Waals surface area contributed by atoms with Gasteiger partial charge in [0.05, 0.1) is 10.3 Å². The molecule has 0 spiro atoms. The lowest BCUT2D eigenvalue weighted by molar-refractivity contribution is -0.383. The number of nitro benzene ring substituents is 1. The van der Waals surface area contributed by atoms with Crippen molar-refractivity contribution in [3.05, 3.63) is 40.7 Å². The van der Waals surface area contributed by atoms with Crippen molar-refractivity contribution in [3.63, 3.8) is 0 Å². The molecule has 1 aliphatic rings. The highest BCUT2D eigenvalue weighted by atomic mass is 16.6. The third kappa shape index (κ3) is 2.01. The summed E-state index contributed by atoms with van der Waals surface area (Å²) in [6.07, 6.45) is 4.38. The minimum absolute atomic E-state index is 0.123. The molecule has 1 aromatic carbocycles. The van der Waals surface area contributed by atoms with Gasteiger partial charge in [0.25, 0.3) is 5.69 Å². The number of anilines is 1. The molecule has 1 atom stereocenters. The number of aromatic nitrogens is 1. The van der Waals surface area contributed by atoms with Crippen LogP contribution in [-0.2, 0) is 0 Å². The van der Waals surface area contributed by atoms with E-state index < -0.39 is 0 Å². The van der Waals surface area contributed by atoms with Crippen molar-refractivity contribution in [2.45, 2.75) is 26.3 Å². The van der Waals surface area contributed by atoms with Crippen LogP contribution in [0.5, 0.6) is 0 Å². The predicted octanol–water partition coefficient (Wildman–Crippen LogP) is 3.35. The van der Waals surface area contributed by atoms with Crippen LogP contribution in [0.4, 0.5) is 11.4 Å². The molecule has 0 bridgehead atoms. The van der Waals surface area contributed by atoms with Crippen LogP contribution in [0.25, 0.3) is 10.8 Å². The van der Waals surface area contributed by atoms with Gasteiger partial charge in [-0.05, 0) is 24.0 Å². The molecule has 1 unspecified atom stereocenters. The maximum absolute atomic E-state index is 11.0. The van der Waals surface area contributed by atoms with E-state index in [2.05, 4.69) is 24.1 Å². The number of fused-ring (bicyclic) bond motifs is 1. The molecule has 0 aliphatic heterocycles. The van der Waals surface area contributed by atoms with Gasteiger partial charge >= 0.3 is 0 Å².